The van der Waals surface area contributed by atoms with Crippen molar-refractivity contribution in [3.63, 3.8) is 0 Å². The predicted molar refractivity (Wildman–Crippen MR) is 81.7 cm³/mol. The van der Waals surface area contributed by atoms with E-state index in [1.807, 2.05) is 12.1 Å². The standard InChI is InChI=1S/C15H17BO2S/c1-11-3-8-15(12(2)9-11)19-10-13-4-6-14(7-5-13)16(17)18/h3-9,17-18H,10H2,1-2H3. The number of thioether (sulfide) groups is 1. The molecule has 2 aromatic rings. The molecule has 0 saturated heterocycles. The third kappa shape index (κ3) is 3.87. The highest BCUT2D eigenvalue weighted by atomic mass is 32.2. The van der Waals surface area contributed by atoms with Crippen LogP contribution in [0.25, 0.3) is 0 Å². The zero-order valence-corrected chi connectivity index (χ0v) is 11.9. The second-order valence-corrected chi connectivity index (χ2v) is 5.69. The summed E-state index contributed by atoms with van der Waals surface area (Å²) in [5.41, 5.74) is 4.28. The van der Waals surface area contributed by atoms with Crippen LogP contribution in [0.1, 0.15) is 16.7 Å². The van der Waals surface area contributed by atoms with Crippen LogP contribution in [0.4, 0.5) is 0 Å². The molecule has 0 aliphatic heterocycles. The first-order valence-corrected chi connectivity index (χ1v) is 7.20. The Balaban J connectivity index is 2.02. The normalized spacial score (nSPS) is 10.5. The number of aryl methyl sites for hydroxylation is 2. The van der Waals surface area contributed by atoms with Crippen molar-refractivity contribution in [2.45, 2.75) is 24.5 Å². The lowest BCUT2D eigenvalue weighted by molar-refractivity contribution is 0.426. The van der Waals surface area contributed by atoms with Crippen LogP contribution in [0.15, 0.2) is 47.4 Å². The van der Waals surface area contributed by atoms with Gasteiger partial charge in [0.15, 0.2) is 0 Å². The van der Waals surface area contributed by atoms with Gasteiger partial charge in [0.05, 0.1) is 0 Å². The van der Waals surface area contributed by atoms with Crippen molar-refractivity contribution >= 4 is 24.3 Å². The quantitative estimate of drug-likeness (QED) is 0.662. The van der Waals surface area contributed by atoms with Crippen LogP contribution in [0, 0.1) is 13.8 Å². The minimum atomic E-state index is -1.39. The number of benzene rings is 2. The Hall–Kier alpha value is -1.23. The van der Waals surface area contributed by atoms with Gasteiger partial charge in [-0.15, -0.1) is 11.8 Å². The van der Waals surface area contributed by atoms with Gasteiger partial charge in [0, 0.05) is 10.6 Å². The predicted octanol–water partition coefficient (Wildman–Crippen LogP) is 2.28. The molecule has 0 aromatic heterocycles. The Kier molecular flexibility index (Phi) is 4.69. The minimum absolute atomic E-state index is 0.528. The molecular weight excluding hydrogens is 255 g/mol. The molecule has 0 unspecified atom stereocenters. The molecule has 0 aliphatic rings. The number of hydrogen-bond acceptors (Lipinski definition) is 3. The van der Waals surface area contributed by atoms with Crippen molar-refractivity contribution in [2.24, 2.45) is 0 Å². The van der Waals surface area contributed by atoms with Crippen molar-refractivity contribution in [3.05, 3.63) is 59.2 Å². The Bertz CT molecular complexity index is 553. The Morgan fingerprint density at radius 3 is 2.26 bits per heavy atom. The third-order valence-electron chi connectivity index (χ3n) is 3.00. The molecule has 0 aliphatic carbocycles. The summed E-state index contributed by atoms with van der Waals surface area (Å²) in [4.78, 5) is 1.29. The highest BCUT2D eigenvalue weighted by Crippen LogP contribution is 2.26. The summed E-state index contributed by atoms with van der Waals surface area (Å²) in [5.74, 6) is 0.881. The van der Waals surface area contributed by atoms with Crippen molar-refractivity contribution in [1.82, 2.24) is 0 Å². The lowest BCUT2D eigenvalue weighted by Gasteiger charge is -2.07. The Labute approximate surface area is 118 Å². The second kappa shape index (κ2) is 6.28. The van der Waals surface area contributed by atoms with E-state index in [-0.39, 0.29) is 0 Å². The third-order valence-corrected chi connectivity index (χ3v) is 4.25. The Morgan fingerprint density at radius 2 is 1.68 bits per heavy atom. The first kappa shape index (κ1) is 14.2. The zero-order chi connectivity index (χ0) is 13.8. The van der Waals surface area contributed by atoms with Crippen molar-refractivity contribution in [3.8, 4) is 0 Å². The average Bonchev–Trinajstić information content (AvgIpc) is 2.38. The van der Waals surface area contributed by atoms with Crippen LogP contribution >= 0.6 is 11.8 Å². The highest BCUT2D eigenvalue weighted by molar-refractivity contribution is 7.98. The van der Waals surface area contributed by atoms with Crippen LogP contribution < -0.4 is 5.46 Å². The molecule has 0 spiro atoms. The largest absolute Gasteiger partial charge is 0.488 e. The number of rotatable bonds is 4. The summed E-state index contributed by atoms with van der Waals surface area (Å²) < 4.78 is 0. The van der Waals surface area contributed by atoms with E-state index in [1.165, 1.54) is 21.6 Å². The second-order valence-electron chi connectivity index (χ2n) is 4.67. The van der Waals surface area contributed by atoms with Gasteiger partial charge in [0.2, 0.25) is 0 Å². The van der Waals surface area contributed by atoms with E-state index in [2.05, 4.69) is 32.0 Å². The van der Waals surface area contributed by atoms with E-state index in [1.54, 1.807) is 23.9 Å². The van der Waals surface area contributed by atoms with Gasteiger partial charge in [-0.2, -0.15) is 0 Å². The summed E-state index contributed by atoms with van der Waals surface area (Å²) in [6, 6.07) is 13.8. The van der Waals surface area contributed by atoms with E-state index in [4.69, 9.17) is 10.0 Å². The molecule has 0 amide bonds. The molecule has 2 aromatic carbocycles. The molecule has 2 N–H and O–H groups in total. The van der Waals surface area contributed by atoms with Crippen LogP contribution in [0.3, 0.4) is 0 Å². The maximum atomic E-state index is 9.04. The van der Waals surface area contributed by atoms with Crippen LogP contribution in [0.5, 0.6) is 0 Å². The number of hydrogen-bond donors (Lipinski definition) is 2. The van der Waals surface area contributed by atoms with E-state index < -0.39 is 7.12 Å². The van der Waals surface area contributed by atoms with Gasteiger partial charge in [-0.25, -0.2) is 0 Å². The minimum Gasteiger partial charge on any atom is -0.423 e. The molecule has 0 atom stereocenters. The van der Waals surface area contributed by atoms with Crippen LogP contribution in [0.2, 0.25) is 0 Å². The highest BCUT2D eigenvalue weighted by Gasteiger charge is 2.09. The topological polar surface area (TPSA) is 40.5 Å². The maximum Gasteiger partial charge on any atom is 0.488 e. The first-order valence-electron chi connectivity index (χ1n) is 6.21. The molecule has 0 heterocycles. The van der Waals surface area contributed by atoms with Gasteiger partial charge in [0.25, 0.3) is 0 Å². The van der Waals surface area contributed by atoms with Crippen LogP contribution in [-0.4, -0.2) is 17.2 Å². The molecule has 98 valence electrons. The fourth-order valence-corrected chi connectivity index (χ4v) is 2.87. The van der Waals surface area contributed by atoms with E-state index in [0.717, 1.165) is 5.75 Å². The molecule has 0 radical (unpaired) electrons. The summed E-state index contributed by atoms with van der Waals surface area (Å²) in [6.07, 6.45) is 0. The van der Waals surface area contributed by atoms with E-state index >= 15 is 0 Å². The zero-order valence-electron chi connectivity index (χ0n) is 11.1. The van der Waals surface area contributed by atoms with E-state index in [0.29, 0.717) is 5.46 Å². The molecule has 19 heavy (non-hydrogen) atoms. The van der Waals surface area contributed by atoms with Crippen molar-refractivity contribution in [1.29, 1.82) is 0 Å². The van der Waals surface area contributed by atoms with E-state index in [9.17, 15) is 0 Å². The smallest absolute Gasteiger partial charge is 0.423 e. The average molecular weight is 272 g/mol. The maximum absolute atomic E-state index is 9.04. The summed E-state index contributed by atoms with van der Waals surface area (Å²) >= 11 is 1.80. The fraction of sp³-hybridized carbons (Fsp3) is 0.200. The Morgan fingerprint density at radius 1 is 1.00 bits per heavy atom. The first-order chi connectivity index (χ1) is 9.06. The van der Waals surface area contributed by atoms with Gasteiger partial charge in [0.1, 0.15) is 0 Å². The lowest BCUT2D eigenvalue weighted by atomic mass is 9.80. The molecule has 2 nitrogen and oxygen atoms in total. The monoisotopic (exact) mass is 272 g/mol. The van der Waals surface area contributed by atoms with Gasteiger partial charge < -0.3 is 10.0 Å². The van der Waals surface area contributed by atoms with Gasteiger partial charge >= 0.3 is 7.12 Å². The van der Waals surface area contributed by atoms with Crippen LogP contribution in [-0.2, 0) is 5.75 Å². The molecule has 0 saturated carbocycles. The van der Waals surface area contributed by atoms with Gasteiger partial charge in [-0.3, -0.25) is 0 Å². The molecule has 0 bridgehead atoms. The SMILES string of the molecule is Cc1ccc(SCc2ccc(B(O)O)cc2)c(C)c1. The molecule has 2 rings (SSSR count). The van der Waals surface area contributed by atoms with Gasteiger partial charge in [-0.05, 0) is 36.5 Å². The summed E-state index contributed by atoms with van der Waals surface area (Å²) in [7, 11) is -1.39. The van der Waals surface area contributed by atoms with Crippen molar-refractivity contribution < 1.29 is 10.0 Å². The molecule has 4 heteroatoms. The lowest BCUT2D eigenvalue weighted by Crippen LogP contribution is -2.29. The molecular formula is C15H17BO2S. The molecule has 0 fully saturated rings. The van der Waals surface area contributed by atoms with Gasteiger partial charge in [-0.1, -0.05) is 42.0 Å². The fourth-order valence-electron chi connectivity index (χ4n) is 1.91. The summed E-state index contributed by atoms with van der Waals surface area (Å²) in [6.45, 7) is 4.22. The van der Waals surface area contributed by atoms with Crippen molar-refractivity contribution in [2.75, 3.05) is 0 Å². The summed E-state index contributed by atoms with van der Waals surface area (Å²) in [5, 5.41) is 18.1.